The first-order chi connectivity index (χ1) is 13.4. The number of amides is 1. The van der Waals surface area contributed by atoms with Crippen molar-refractivity contribution in [3.05, 3.63) is 48.0 Å². The Balaban J connectivity index is 1.39. The van der Waals surface area contributed by atoms with Crippen molar-refractivity contribution in [3.63, 3.8) is 0 Å². The minimum Gasteiger partial charge on any atom is -0.356 e. The Morgan fingerprint density at radius 1 is 1.18 bits per heavy atom. The van der Waals surface area contributed by atoms with Crippen molar-refractivity contribution in [3.8, 4) is 0 Å². The molecule has 0 spiro atoms. The van der Waals surface area contributed by atoms with Gasteiger partial charge in [-0.15, -0.1) is 0 Å². The zero-order chi connectivity index (χ0) is 19.7. The molecule has 0 aliphatic carbocycles. The monoisotopic (exact) mass is 390 g/mol. The number of hydrogen-bond donors (Lipinski definition) is 2. The first kappa shape index (κ1) is 18.2. The number of carbonyl (C=O) groups excluding carboxylic acids is 1. The fourth-order valence-corrected chi connectivity index (χ4v) is 3.32. The number of hydrogen-bond acceptors (Lipinski definition) is 5. The van der Waals surface area contributed by atoms with Crippen molar-refractivity contribution in [2.24, 2.45) is 0 Å². The standard InChI is InChI=1S/C18H17F3N6O/c19-18(20,21)14-9-15(23-10-22-14)27-7-5-11(6-8-27)24-17(28)16-12-3-1-2-4-13(12)25-26-16/h1-4,9-11H,5-8H2,(H,24,28)(H,25,26). The molecular weight excluding hydrogens is 373 g/mol. The van der Waals surface area contributed by atoms with Crippen LogP contribution in [0.5, 0.6) is 0 Å². The lowest BCUT2D eigenvalue weighted by atomic mass is 10.0. The van der Waals surface area contributed by atoms with Crippen LogP contribution in [0.1, 0.15) is 29.0 Å². The Bertz CT molecular complexity index is 994. The number of anilines is 1. The van der Waals surface area contributed by atoms with Crippen LogP contribution in [0.2, 0.25) is 0 Å². The highest BCUT2D eigenvalue weighted by molar-refractivity contribution is 6.04. The Morgan fingerprint density at radius 3 is 2.68 bits per heavy atom. The second-order valence-corrected chi connectivity index (χ2v) is 6.61. The second-order valence-electron chi connectivity index (χ2n) is 6.61. The lowest BCUT2D eigenvalue weighted by Crippen LogP contribution is -2.45. The molecular formula is C18H17F3N6O. The van der Waals surface area contributed by atoms with Crippen molar-refractivity contribution in [2.75, 3.05) is 18.0 Å². The molecule has 1 aliphatic rings. The molecule has 0 unspecified atom stereocenters. The van der Waals surface area contributed by atoms with Crippen LogP contribution >= 0.6 is 0 Å². The Morgan fingerprint density at radius 2 is 1.93 bits per heavy atom. The number of H-pyrrole nitrogens is 1. The van der Waals surface area contributed by atoms with Gasteiger partial charge in [-0.2, -0.15) is 18.3 Å². The van der Waals surface area contributed by atoms with Gasteiger partial charge in [0.15, 0.2) is 5.69 Å². The molecule has 0 bridgehead atoms. The molecule has 1 aromatic carbocycles. The number of halogens is 3. The van der Waals surface area contributed by atoms with E-state index in [9.17, 15) is 18.0 Å². The fraction of sp³-hybridized carbons (Fsp3) is 0.333. The van der Waals surface area contributed by atoms with Gasteiger partial charge in [-0.1, -0.05) is 18.2 Å². The molecule has 7 nitrogen and oxygen atoms in total. The summed E-state index contributed by atoms with van der Waals surface area (Å²) in [5.74, 6) is -0.0253. The smallest absolute Gasteiger partial charge is 0.356 e. The molecule has 28 heavy (non-hydrogen) atoms. The molecule has 3 heterocycles. The number of alkyl halides is 3. The molecule has 0 saturated carbocycles. The molecule has 146 valence electrons. The first-order valence-electron chi connectivity index (χ1n) is 8.80. The van der Waals surface area contributed by atoms with Gasteiger partial charge in [0.05, 0.1) is 5.52 Å². The summed E-state index contributed by atoms with van der Waals surface area (Å²) in [6.45, 7) is 0.973. The van der Waals surface area contributed by atoms with E-state index in [1.807, 2.05) is 24.3 Å². The largest absolute Gasteiger partial charge is 0.433 e. The summed E-state index contributed by atoms with van der Waals surface area (Å²) >= 11 is 0. The summed E-state index contributed by atoms with van der Waals surface area (Å²) in [4.78, 5) is 21.5. The number of nitrogens with zero attached hydrogens (tertiary/aromatic N) is 4. The third-order valence-electron chi connectivity index (χ3n) is 4.78. The van der Waals surface area contributed by atoms with Crippen molar-refractivity contribution in [1.82, 2.24) is 25.5 Å². The summed E-state index contributed by atoms with van der Waals surface area (Å²) < 4.78 is 38.5. The predicted molar refractivity (Wildman–Crippen MR) is 95.8 cm³/mol. The summed E-state index contributed by atoms with van der Waals surface area (Å²) in [5.41, 5.74) is 0.161. The van der Waals surface area contributed by atoms with Gasteiger partial charge in [-0.25, -0.2) is 9.97 Å². The van der Waals surface area contributed by atoms with E-state index in [0.717, 1.165) is 23.3 Å². The van der Waals surface area contributed by atoms with E-state index in [2.05, 4.69) is 25.5 Å². The minimum absolute atomic E-state index is 0.0804. The molecule has 2 N–H and O–H groups in total. The molecule has 1 saturated heterocycles. The summed E-state index contributed by atoms with van der Waals surface area (Å²) in [5, 5.41) is 10.6. The molecule has 2 aromatic heterocycles. The predicted octanol–water partition coefficient (Wildman–Crippen LogP) is 2.77. The molecule has 4 rings (SSSR count). The lowest BCUT2D eigenvalue weighted by Gasteiger charge is -2.33. The molecule has 1 fully saturated rings. The summed E-state index contributed by atoms with van der Waals surface area (Å²) in [7, 11) is 0. The third-order valence-corrected chi connectivity index (χ3v) is 4.78. The number of benzene rings is 1. The molecule has 10 heteroatoms. The number of carbonyl (C=O) groups is 1. The SMILES string of the molecule is O=C(NC1CCN(c2cc(C(F)(F)F)ncn2)CC1)c1n[nH]c2ccccc12. The van der Waals surface area contributed by atoms with Crippen LogP contribution in [-0.2, 0) is 6.18 Å². The van der Waals surface area contributed by atoms with Gasteiger partial charge in [0.2, 0.25) is 0 Å². The quantitative estimate of drug-likeness (QED) is 0.718. The summed E-state index contributed by atoms with van der Waals surface area (Å²) in [6.07, 6.45) is -2.38. The highest BCUT2D eigenvalue weighted by atomic mass is 19.4. The van der Waals surface area contributed by atoms with Gasteiger partial charge in [-0.3, -0.25) is 9.89 Å². The van der Waals surface area contributed by atoms with Gasteiger partial charge in [0, 0.05) is 30.6 Å². The maximum Gasteiger partial charge on any atom is 0.433 e. The third kappa shape index (κ3) is 3.62. The molecule has 1 amide bonds. The van der Waals surface area contributed by atoms with Crippen LogP contribution in [0.15, 0.2) is 36.7 Å². The van der Waals surface area contributed by atoms with Gasteiger partial charge >= 0.3 is 6.18 Å². The lowest BCUT2D eigenvalue weighted by molar-refractivity contribution is -0.141. The number of aromatic amines is 1. The van der Waals surface area contributed by atoms with Gasteiger partial charge in [0.1, 0.15) is 17.8 Å². The molecule has 0 radical (unpaired) electrons. The molecule has 3 aromatic rings. The number of para-hydroxylation sites is 1. The second kappa shape index (κ2) is 7.10. The van der Waals surface area contributed by atoms with Crippen LogP contribution < -0.4 is 10.2 Å². The van der Waals surface area contributed by atoms with E-state index in [4.69, 9.17) is 0 Å². The van der Waals surface area contributed by atoms with Gasteiger partial charge < -0.3 is 10.2 Å². The van der Waals surface area contributed by atoms with E-state index in [0.29, 0.717) is 31.6 Å². The topological polar surface area (TPSA) is 86.8 Å². The molecule has 1 aliphatic heterocycles. The molecule has 0 atom stereocenters. The van der Waals surface area contributed by atoms with Crippen LogP contribution in [0.4, 0.5) is 19.0 Å². The summed E-state index contributed by atoms with van der Waals surface area (Å²) in [6, 6.07) is 8.23. The zero-order valence-electron chi connectivity index (χ0n) is 14.7. The van der Waals surface area contributed by atoms with Crippen LogP contribution in [0, 0.1) is 0 Å². The van der Waals surface area contributed by atoms with Crippen molar-refractivity contribution in [2.45, 2.75) is 25.1 Å². The Hall–Kier alpha value is -3.17. The van der Waals surface area contributed by atoms with E-state index >= 15 is 0 Å². The average Bonchev–Trinajstić information content (AvgIpc) is 3.12. The highest BCUT2D eigenvalue weighted by Gasteiger charge is 2.33. The van der Waals surface area contributed by atoms with Crippen LogP contribution in [0.3, 0.4) is 0 Å². The number of fused-ring (bicyclic) bond motifs is 1. The van der Waals surface area contributed by atoms with Crippen molar-refractivity contribution in [1.29, 1.82) is 0 Å². The number of piperidine rings is 1. The van der Waals surface area contributed by atoms with Gasteiger partial charge in [0.25, 0.3) is 5.91 Å². The fourth-order valence-electron chi connectivity index (χ4n) is 3.32. The Kier molecular flexibility index (Phi) is 4.62. The zero-order valence-corrected chi connectivity index (χ0v) is 14.7. The maximum atomic E-state index is 12.8. The van der Waals surface area contributed by atoms with E-state index in [1.165, 1.54) is 0 Å². The van der Waals surface area contributed by atoms with E-state index in [-0.39, 0.29) is 17.8 Å². The van der Waals surface area contributed by atoms with Crippen molar-refractivity contribution >= 4 is 22.6 Å². The van der Waals surface area contributed by atoms with Crippen LogP contribution in [-0.4, -0.2) is 45.2 Å². The normalized spacial score (nSPS) is 15.8. The van der Waals surface area contributed by atoms with E-state index in [1.54, 1.807) is 4.90 Å². The van der Waals surface area contributed by atoms with E-state index < -0.39 is 11.9 Å². The van der Waals surface area contributed by atoms with Gasteiger partial charge in [-0.05, 0) is 18.9 Å². The Labute approximate surface area is 158 Å². The minimum atomic E-state index is -4.50. The number of aromatic nitrogens is 4. The average molecular weight is 390 g/mol. The highest BCUT2D eigenvalue weighted by Crippen LogP contribution is 2.29. The van der Waals surface area contributed by atoms with Crippen LogP contribution in [0.25, 0.3) is 10.9 Å². The maximum absolute atomic E-state index is 12.8. The first-order valence-corrected chi connectivity index (χ1v) is 8.80. The number of nitrogens with one attached hydrogen (secondary N) is 2. The van der Waals surface area contributed by atoms with Crippen molar-refractivity contribution < 1.29 is 18.0 Å². The number of rotatable bonds is 3.